The van der Waals surface area contributed by atoms with Gasteiger partial charge >= 0.3 is 5.97 Å². The fourth-order valence-electron chi connectivity index (χ4n) is 2.35. The molecule has 0 spiro atoms. The number of halogens is 2. The Bertz CT molecular complexity index is 779. The molecular weight excluding hydrogens is 332 g/mol. The van der Waals surface area contributed by atoms with Crippen molar-refractivity contribution in [3.05, 3.63) is 65.2 Å². The third kappa shape index (κ3) is 4.53. The molecule has 0 aliphatic carbocycles. The van der Waals surface area contributed by atoms with Gasteiger partial charge in [0, 0.05) is 11.1 Å². The monoisotopic (exact) mass is 349 g/mol. The number of carbonyl (C=O) groups excluding carboxylic acids is 2. The summed E-state index contributed by atoms with van der Waals surface area (Å²) in [4.78, 5) is 24.2. The Balaban J connectivity index is 2.24. The summed E-state index contributed by atoms with van der Waals surface area (Å²) < 4.78 is 37.1. The zero-order valence-corrected chi connectivity index (χ0v) is 13.7. The number of ether oxygens (including phenoxy) is 2. The van der Waals surface area contributed by atoms with Gasteiger partial charge in [-0.15, -0.1) is 0 Å². The lowest BCUT2D eigenvalue weighted by atomic mass is 10.0. The predicted molar refractivity (Wildman–Crippen MR) is 86.0 cm³/mol. The van der Waals surface area contributed by atoms with Crippen LogP contribution in [0.2, 0.25) is 0 Å². The van der Waals surface area contributed by atoms with Gasteiger partial charge in [-0.05, 0) is 24.3 Å². The third-order valence-corrected chi connectivity index (χ3v) is 3.55. The van der Waals surface area contributed by atoms with E-state index in [2.05, 4.69) is 10.1 Å². The normalized spacial score (nSPS) is 11.5. The molecule has 25 heavy (non-hydrogen) atoms. The lowest BCUT2D eigenvalue weighted by Crippen LogP contribution is -2.36. The molecule has 0 saturated carbocycles. The summed E-state index contributed by atoms with van der Waals surface area (Å²) in [5.41, 5.74) is 0.283. The van der Waals surface area contributed by atoms with Gasteiger partial charge in [0.05, 0.1) is 20.6 Å². The van der Waals surface area contributed by atoms with E-state index in [1.54, 1.807) is 24.3 Å². The molecule has 0 unspecified atom stereocenters. The molecule has 7 heteroatoms. The topological polar surface area (TPSA) is 64.6 Å². The van der Waals surface area contributed by atoms with Crippen molar-refractivity contribution in [2.24, 2.45) is 0 Å². The van der Waals surface area contributed by atoms with Crippen LogP contribution in [0.25, 0.3) is 0 Å². The number of para-hydroxylation sites is 1. The number of esters is 1. The van der Waals surface area contributed by atoms with Gasteiger partial charge in [0.1, 0.15) is 17.4 Å². The molecule has 2 aromatic rings. The van der Waals surface area contributed by atoms with Crippen molar-refractivity contribution in [1.82, 2.24) is 5.32 Å². The zero-order chi connectivity index (χ0) is 18.4. The molecule has 132 valence electrons. The lowest BCUT2D eigenvalue weighted by Gasteiger charge is -2.18. The second-order valence-corrected chi connectivity index (χ2v) is 5.18. The van der Waals surface area contributed by atoms with Crippen LogP contribution in [-0.4, -0.2) is 26.1 Å². The van der Waals surface area contributed by atoms with Crippen LogP contribution in [0.1, 0.15) is 17.2 Å². The predicted octanol–water partition coefficient (Wildman–Crippen LogP) is 2.55. The highest BCUT2D eigenvalue weighted by molar-refractivity contribution is 5.86. The van der Waals surface area contributed by atoms with E-state index in [1.807, 2.05) is 0 Å². The Morgan fingerprint density at radius 1 is 1.12 bits per heavy atom. The SMILES string of the molecule is COC(=O)[C@@H](NC(=O)Cc1ccccc1OC)c1cc(F)ccc1F. The largest absolute Gasteiger partial charge is 0.496 e. The molecule has 1 amide bonds. The highest BCUT2D eigenvalue weighted by Gasteiger charge is 2.27. The highest BCUT2D eigenvalue weighted by atomic mass is 19.1. The molecular formula is C18H17F2NO4. The standard InChI is InChI=1S/C18H17F2NO4/c1-24-15-6-4-3-5-11(15)9-16(22)21-17(18(23)25-2)13-10-12(19)7-8-14(13)20/h3-8,10,17H,9H2,1-2H3,(H,21,22)/t17-/m0/s1. The van der Waals surface area contributed by atoms with Gasteiger partial charge in [-0.25, -0.2) is 13.6 Å². The van der Waals surface area contributed by atoms with Crippen molar-refractivity contribution in [2.45, 2.75) is 12.5 Å². The summed E-state index contributed by atoms with van der Waals surface area (Å²) in [7, 11) is 2.56. The number of hydrogen-bond donors (Lipinski definition) is 1. The van der Waals surface area contributed by atoms with E-state index in [0.717, 1.165) is 25.3 Å². The molecule has 1 atom stereocenters. The second-order valence-electron chi connectivity index (χ2n) is 5.18. The van der Waals surface area contributed by atoms with Gasteiger partial charge in [0.2, 0.25) is 5.91 Å². The van der Waals surface area contributed by atoms with E-state index in [-0.39, 0.29) is 12.0 Å². The lowest BCUT2D eigenvalue weighted by molar-refractivity contribution is -0.145. The van der Waals surface area contributed by atoms with Crippen molar-refractivity contribution in [1.29, 1.82) is 0 Å². The van der Waals surface area contributed by atoms with Crippen molar-refractivity contribution >= 4 is 11.9 Å². The fourth-order valence-corrected chi connectivity index (χ4v) is 2.35. The first-order chi connectivity index (χ1) is 12.0. The van der Waals surface area contributed by atoms with Gasteiger partial charge in [0.25, 0.3) is 0 Å². The Kier molecular flexibility index (Phi) is 6.05. The Morgan fingerprint density at radius 3 is 2.52 bits per heavy atom. The van der Waals surface area contributed by atoms with Crippen LogP contribution in [0, 0.1) is 11.6 Å². The summed E-state index contributed by atoms with van der Waals surface area (Å²) in [5.74, 6) is -2.52. The molecule has 5 nitrogen and oxygen atoms in total. The first-order valence-electron chi connectivity index (χ1n) is 7.40. The van der Waals surface area contributed by atoms with E-state index in [1.165, 1.54) is 7.11 Å². The summed E-state index contributed by atoms with van der Waals surface area (Å²) in [6.07, 6.45) is -0.103. The molecule has 0 saturated heterocycles. The van der Waals surface area contributed by atoms with Crippen LogP contribution in [-0.2, 0) is 20.7 Å². The minimum atomic E-state index is -1.46. The molecule has 0 aliphatic heterocycles. The molecule has 2 aromatic carbocycles. The van der Waals surface area contributed by atoms with Crippen molar-refractivity contribution < 1.29 is 27.8 Å². The maximum atomic E-state index is 14.0. The molecule has 0 aromatic heterocycles. The van der Waals surface area contributed by atoms with Crippen LogP contribution in [0.5, 0.6) is 5.75 Å². The molecule has 2 rings (SSSR count). The quantitative estimate of drug-likeness (QED) is 0.814. The van der Waals surface area contributed by atoms with E-state index in [0.29, 0.717) is 11.3 Å². The number of methoxy groups -OCH3 is 2. The molecule has 0 heterocycles. The van der Waals surface area contributed by atoms with E-state index in [9.17, 15) is 18.4 Å². The van der Waals surface area contributed by atoms with Gasteiger partial charge in [-0.3, -0.25) is 4.79 Å². The number of nitrogens with one attached hydrogen (secondary N) is 1. The smallest absolute Gasteiger partial charge is 0.333 e. The van der Waals surface area contributed by atoms with Crippen molar-refractivity contribution in [2.75, 3.05) is 14.2 Å². The maximum absolute atomic E-state index is 14.0. The van der Waals surface area contributed by atoms with E-state index in [4.69, 9.17) is 4.74 Å². The Hall–Kier alpha value is -2.96. The summed E-state index contributed by atoms with van der Waals surface area (Å²) in [5, 5.41) is 2.38. The molecule has 0 radical (unpaired) electrons. The number of rotatable bonds is 6. The fraction of sp³-hybridized carbons (Fsp3) is 0.222. The van der Waals surface area contributed by atoms with Crippen LogP contribution < -0.4 is 10.1 Å². The van der Waals surface area contributed by atoms with Gasteiger partial charge < -0.3 is 14.8 Å². The van der Waals surface area contributed by atoms with Gasteiger partial charge in [-0.2, -0.15) is 0 Å². The van der Waals surface area contributed by atoms with Crippen LogP contribution in [0.4, 0.5) is 8.78 Å². The molecule has 0 fully saturated rings. The Labute approximate surface area is 143 Å². The van der Waals surface area contributed by atoms with Gasteiger partial charge in [-0.1, -0.05) is 18.2 Å². The second kappa shape index (κ2) is 8.23. The minimum absolute atomic E-state index is 0.103. The maximum Gasteiger partial charge on any atom is 0.333 e. The number of carbonyl (C=O) groups is 2. The third-order valence-electron chi connectivity index (χ3n) is 3.55. The molecule has 1 N–H and O–H groups in total. The van der Waals surface area contributed by atoms with E-state index < -0.39 is 29.6 Å². The average molecular weight is 349 g/mol. The molecule has 0 aliphatic rings. The zero-order valence-electron chi connectivity index (χ0n) is 13.7. The first kappa shape index (κ1) is 18.4. The van der Waals surface area contributed by atoms with Crippen LogP contribution in [0.15, 0.2) is 42.5 Å². The summed E-state index contributed by atoms with van der Waals surface area (Å²) in [6, 6.07) is 8.05. The van der Waals surface area contributed by atoms with Crippen LogP contribution >= 0.6 is 0 Å². The van der Waals surface area contributed by atoms with Gasteiger partial charge in [0.15, 0.2) is 6.04 Å². The van der Waals surface area contributed by atoms with Crippen molar-refractivity contribution in [3.8, 4) is 5.75 Å². The van der Waals surface area contributed by atoms with Crippen molar-refractivity contribution in [3.63, 3.8) is 0 Å². The van der Waals surface area contributed by atoms with Crippen LogP contribution in [0.3, 0.4) is 0 Å². The van der Waals surface area contributed by atoms with E-state index >= 15 is 0 Å². The summed E-state index contributed by atoms with van der Waals surface area (Å²) >= 11 is 0. The molecule has 0 bridgehead atoms. The first-order valence-corrected chi connectivity index (χ1v) is 7.40. The summed E-state index contributed by atoms with van der Waals surface area (Å²) in [6.45, 7) is 0. The number of hydrogen-bond acceptors (Lipinski definition) is 4. The number of benzene rings is 2. The highest BCUT2D eigenvalue weighted by Crippen LogP contribution is 2.21. The minimum Gasteiger partial charge on any atom is -0.496 e. The Morgan fingerprint density at radius 2 is 1.84 bits per heavy atom. The number of amides is 1. The average Bonchev–Trinajstić information content (AvgIpc) is 2.61.